The summed E-state index contributed by atoms with van der Waals surface area (Å²) in [6, 6.07) is 0. The first kappa shape index (κ1) is 15.5. The van der Waals surface area contributed by atoms with Gasteiger partial charge in [-0.05, 0) is 26.8 Å². The highest BCUT2D eigenvalue weighted by Crippen LogP contribution is 2.31. The van der Waals surface area contributed by atoms with Crippen LogP contribution in [0.15, 0.2) is 0 Å². The maximum Gasteiger partial charge on any atom is 0.139 e. The van der Waals surface area contributed by atoms with E-state index < -0.39 is 0 Å². The Morgan fingerprint density at radius 2 is 2.05 bits per heavy atom. The van der Waals surface area contributed by atoms with Crippen molar-refractivity contribution in [2.24, 2.45) is 7.05 Å². The van der Waals surface area contributed by atoms with Crippen molar-refractivity contribution in [1.29, 1.82) is 0 Å². The highest BCUT2D eigenvalue weighted by Gasteiger charge is 2.32. The first-order chi connectivity index (χ1) is 9.47. The second-order valence-corrected chi connectivity index (χ2v) is 6.32. The minimum Gasteiger partial charge on any atom is -0.314 e. The number of ketones is 1. The second-order valence-electron chi connectivity index (χ2n) is 5.96. The van der Waals surface area contributed by atoms with E-state index in [1.807, 2.05) is 14.0 Å². The third kappa shape index (κ3) is 3.23. The van der Waals surface area contributed by atoms with Crippen LogP contribution in [0.4, 0.5) is 0 Å². The zero-order valence-electron chi connectivity index (χ0n) is 12.6. The molecule has 5 heteroatoms. The fourth-order valence-corrected chi connectivity index (χ4v) is 3.50. The first-order valence-corrected chi connectivity index (χ1v) is 7.74. The van der Waals surface area contributed by atoms with E-state index in [2.05, 4.69) is 10.4 Å². The molecule has 1 saturated carbocycles. The van der Waals surface area contributed by atoms with Gasteiger partial charge in [-0.1, -0.05) is 30.9 Å². The number of hydrogen-bond donors (Lipinski definition) is 1. The Morgan fingerprint density at radius 1 is 1.40 bits per heavy atom. The molecule has 1 heterocycles. The number of halogens is 1. The van der Waals surface area contributed by atoms with E-state index >= 15 is 0 Å². The summed E-state index contributed by atoms with van der Waals surface area (Å²) in [5.74, 6) is 0.249. The summed E-state index contributed by atoms with van der Waals surface area (Å²) in [6.45, 7) is 1.91. The molecule has 0 aromatic carbocycles. The van der Waals surface area contributed by atoms with Crippen molar-refractivity contribution in [3.05, 3.63) is 16.4 Å². The van der Waals surface area contributed by atoms with Crippen LogP contribution in [0.25, 0.3) is 0 Å². The van der Waals surface area contributed by atoms with Crippen molar-refractivity contribution in [1.82, 2.24) is 15.1 Å². The molecule has 0 amide bonds. The largest absolute Gasteiger partial charge is 0.314 e. The van der Waals surface area contributed by atoms with Gasteiger partial charge >= 0.3 is 0 Å². The molecule has 0 atom stereocenters. The third-order valence-corrected chi connectivity index (χ3v) is 4.99. The van der Waals surface area contributed by atoms with Crippen LogP contribution in [0, 0.1) is 6.92 Å². The number of hydrogen-bond acceptors (Lipinski definition) is 3. The minimum atomic E-state index is -0.00206. The van der Waals surface area contributed by atoms with Gasteiger partial charge in [0.05, 0.1) is 5.69 Å². The molecule has 0 radical (unpaired) electrons. The molecule has 4 nitrogen and oxygen atoms in total. The van der Waals surface area contributed by atoms with Crippen molar-refractivity contribution >= 4 is 17.4 Å². The van der Waals surface area contributed by atoms with Gasteiger partial charge in [0.2, 0.25) is 0 Å². The van der Waals surface area contributed by atoms with Gasteiger partial charge in [0.1, 0.15) is 10.9 Å². The molecule has 1 fully saturated rings. The summed E-state index contributed by atoms with van der Waals surface area (Å²) < 4.78 is 1.63. The maximum absolute atomic E-state index is 12.4. The molecule has 0 bridgehead atoms. The van der Waals surface area contributed by atoms with Crippen molar-refractivity contribution in [3.63, 3.8) is 0 Å². The molecule has 1 N–H and O–H groups in total. The molecule has 1 aromatic heterocycles. The lowest BCUT2D eigenvalue weighted by Gasteiger charge is -2.36. The average Bonchev–Trinajstić information content (AvgIpc) is 2.66. The average molecular weight is 298 g/mol. The molecule has 0 spiro atoms. The van der Waals surface area contributed by atoms with Crippen LogP contribution < -0.4 is 5.32 Å². The monoisotopic (exact) mass is 297 g/mol. The Balaban J connectivity index is 2.04. The number of Topliss-reactive ketones (excluding diaryl/α,β-unsaturated/α-hetero) is 1. The molecular weight excluding hydrogens is 274 g/mol. The van der Waals surface area contributed by atoms with Crippen LogP contribution >= 0.6 is 11.6 Å². The van der Waals surface area contributed by atoms with Gasteiger partial charge < -0.3 is 5.32 Å². The topological polar surface area (TPSA) is 46.9 Å². The number of aromatic nitrogens is 2. The van der Waals surface area contributed by atoms with Crippen molar-refractivity contribution in [3.8, 4) is 0 Å². The number of rotatable bonds is 5. The van der Waals surface area contributed by atoms with Gasteiger partial charge in [-0.15, -0.1) is 0 Å². The van der Waals surface area contributed by atoms with E-state index in [1.54, 1.807) is 11.7 Å². The summed E-state index contributed by atoms with van der Waals surface area (Å²) in [7, 11) is 3.78. The lowest BCUT2D eigenvalue weighted by molar-refractivity contribution is -0.120. The van der Waals surface area contributed by atoms with E-state index in [0.29, 0.717) is 18.0 Å². The van der Waals surface area contributed by atoms with Gasteiger partial charge in [0, 0.05) is 31.0 Å². The fraction of sp³-hybridized carbons (Fsp3) is 0.733. The lowest BCUT2D eigenvalue weighted by atomic mass is 9.78. The van der Waals surface area contributed by atoms with Crippen LogP contribution in [0.1, 0.15) is 49.8 Å². The van der Waals surface area contributed by atoms with E-state index in [1.165, 1.54) is 19.3 Å². The lowest BCUT2D eigenvalue weighted by Crippen LogP contribution is -2.46. The van der Waals surface area contributed by atoms with Crippen LogP contribution in [0.2, 0.25) is 5.15 Å². The zero-order valence-corrected chi connectivity index (χ0v) is 13.4. The van der Waals surface area contributed by atoms with E-state index in [4.69, 9.17) is 11.6 Å². The highest BCUT2D eigenvalue weighted by molar-refractivity contribution is 6.30. The normalized spacial score (nSPS) is 18.2. The number of carbonyl (C=O) groups is 1. The molecule has 1 aromatic rings. The van der Waals surface area contributed by atoms with E-state index in [0.717, 1.165) is 24.1 Å². The predicted octanol–water partition coefficient (Wildman–Crippen LogP) is 2.81. The smallest absolute Gasteiger partial charge is 0.139 e. The highest BCUT2D eigenvalue weighted by atomic mass is 35.5. The molecule has 0 unspecified atom stereocenters. The summed E-state index contributed by atoms with van der Waals surface area (Å²) in [4.78, 5) is 12.4. The summed E-state index contributed by atoms with van der Waals surface area (Å²) in [6.07, 6.45) is 6.87. The quantitative estimate of drug-likeness (QED) is 0.909. The van der Waals surface area contributed by atoms with Gasteiger partial charge in [-0.2, -0.15) is 5.10 Å². The number of nitrogens with one attached hydrogen (secondary N) is 1. The van der Waals surface area contributed by atoms with E-state index in [9.17, 15) is 4.79 Å². The second kappa shape index (κ2) is 6.27. The molecule has 1 aliphatic carbocycles. The van der Waals surface area contributed by atoms with Crippen LogP contribution in [0.3, 0.4) is 0 Å². The van der Waals surface area contributed by atoms with Crippen molar-refractivity contribution in [2.75, 3.05) is 7.05 Å². The fourth-order valence-electron chi connectivity index (χ4n) is 3.26. The zero-order chi connectivity index (χ0) is 14.8. The third-order valence-electron chi connectivity index (χ3n) is 4.52. The van der Waals surface area contributed by atoms with E-state index in [-0.39, 0.29) is 11.3 Å². The number of nitrogens with zero attached hydrogens (tertiary/aromatic N) is 2. The van der Waals surface area contributed by atoms with Crippen molar-refractivity contribution in [2.45, 2.75) is 57.4 Å². The maximum atomic E-state index is 12.4. The van der Waals surface area contributed by atoms with Gasteiger partial charge in [0.25, 0.3) is 0 Å². The Hall–Kier alpha value is -0.870. The van der Waals surface area contributed by atoms with Gasteiger partial charge in [0.15, 0.2) is 0 Å². The molecule has 0 saturated heterocycles. The summed E-state index contributed by atoms with van der Waals surface area (Å²) in [5.41, 5.74) is 1.73. The molecule has 1 aliphatic rings. The number of carbonyl (C=O) groups excluding carboxylic acids is 1. The Bertz CT molecular complexity index is 490. The van der Waals surface area contributed by atoms with Crippen LogP contribution in [0.5, 0.6) is 0 Å². The van der Waals surface area contributed by atoms with Crippen LogP contribution in [-0.4, -0.2) is 28.2 Å². The SMILES string of the molecule is CNC1(CC(=O)Cc2c(C)nn(C)c2Cl)CCCCC1. The molecule has 2 rings (SSSR count). The molecular formula is C15H24ClN3O. The predicted molar refractivity (Wildman–Crippen MR) is 81.2 cm³/mol. The first-order valence-electron chi connectivity index (χ1n) is 7.36. The standard InChI is InChI=1S/C15H24ClN3O/c1-11-13(14(16)19(3)18-11)9-12(20)10-15(17-2)7-5-4-6-8-15/h17H,4-10H2,1-3H3. The Morgan fingerprint density at radius 3 is 2.55 bits per heavy atom. The molecule has 20 heavy (non-hydrogen) atoms. The summed E-state index contributed by atoms with van der Waals surface area (Å²) in [5, 5.41) is 8.24. The molecule has 112 valence electrons. The summed E-state index contributed by atoms with van der Waals surface area (Å²) >= 11 is 6.20. The minimum absolute atomic E-state index is 0.00206. The Kier molecular flexibility index (Phi) is 4.86. The van der Waals surface area contributed by atoms with Gasteiger partial charge in [-0.3, -0.25) is 9.48 Å². The van der Waals surface area contributed by atoms with Crippen molar-refractivity contribution < 1.29 is 4.79 Å². The number of aryl methyl sites for hydroxylation is 2. The Labute approximate surface area is 125 Å². The van der Waals surface area contributed by atoms with Gasteiger partial charge in [-0.25, -0.2) is 0 Å². The van der Waals surface area contributed by atoms with Crippen LogP contribution in [-0.2, 0) is 18.3 Å². The molecule has 0 aliphatic heterocycles.